The molecule has 0 aromatic heterocycles. The van der Waals surface area contributed by atoms with E-state index in [1.807, 2.05) is 0 Å². The van der Waals surface area contributed by atoms with E-state index in [0.29, 0.717) is 11.9 Å². The Labute approximate surface area is 51.5 Å². The topological polar surface area (TPSA) is 52.9 Å². The number of thiocyanates is 1. The van der Waals surface area contributed by atoms with Crippen LogP contribution in [-0.2, 0) is 4.79 Å². The van der Waals surface area contributed by atoms with E-state index in [-0.39, 0.29) is 5.91 Å². The number of nitrogens with one attached hydrogen (secondary N) is 1. The number of carbonyl (C=O) groups excluding carboxylic acids is 1. The fourth-order valence-corrected chi connectivity index (χ4v) is 0.344. The molecule has 4 heteroatoms. The molecule has 0 radical (unpaired) electrons. The maximum atomic E-state index is 10.2. The normalized spacial score (nSPS) is 6.88. The Morgan fingerprint density at radius 3 is 3.00 bits per heavy atom. The summed E-state index contributed by atoms with van der Waals surface area (Å²) in [6, 6.07) is 0. The first kappa shape index (κ1) is 7.05. The second-order valence-electron chi connectivity index (χ2n) is 0.864. The minimum atomic E-state index is -0.350. The molecule has 42 valence electrons. The maximum absolute atomic E-state index is 10.2. The van der Waals surface area contributed by atoms with Crippen LogP contribution in [0.25, 0.3) is 0 Å². The number of amides is 1. The minimum Gasteiger partial charge on any atom is -0.284 e. The van der Waals surface area contributed by atoms with Crippen molar-refractivity contribution in [2.75, 3.05) is 0 Å². The molecule has 0 rings (SSSR count). The molecule has 0 unspecified atom stereocenters. The number of rotatable bonds is 2. The summed E-state index contributed by atoms with van der Waals surface area (Å²) in [5.74, 6) is -0.350. The predicted octanol–water partition coefficient (Wildman–Crippen LogP) is 0.418. The van der Waals surface area contributed by atoms with Crippen LogP contribution < -0.4 is 4.72 Å². The summed E-state index contributed by atoms with van der Waals surface area (Å²) in [6.07, 6.45) is 1.10. The molecule has 0 aromatic carbocycles. The first-order chi connectivity index (χ1) is 3.81. The standard InChI is InChI=1S/C4H4N2OS/c1-2-4(7)6-8-3-5/h2H,1H2,(H,6,7). The number of hydrogen-bond donors (Lipinski definition) is 1. The SMILES string of the molecule is C=CC(=O)NSC#N. The second kappa shape index (κ2) is 4.22. The van der Waals surface area contributed by atoms with Crippen molar-refractivity contribution in [3.8, 4) is 5.40 Å². The van der Waals surface area contributed by atoms with Crippen LogP contribution in [0.5, 0.6) is 0 Å². The maximum Gasteiger partial charge on any atom is 0.253 e. The van der Waals surface area contributed by atoms with Crippen LogP contribution >= 0.6 is 11.9 Å². The van der Waals surface area contributed by atoms with E-state index in [4.69, 9.17) is 5.26 Å². The van der Waals surface area contributed by atoms with Crippen LogP contribution in [0.2, 0.25) is 0 Å². The summed E-state index contributed by atoms with van der Waals surface area (Å²) < 4.78 is 2.18. The molecule has 0 atom stereocenters. The quantitative estimate of drug-likeness (QED) is 0.333. The third kappa shape index (κ3) is 3.25. The number of hydrogen-bond acceptors (Lipinski definition) is 3. The summed E-state index contributed by atoms with van der Waals surface area (Å²) in [4.78, 5) is 10.2. The van der Waals surface area contributed by atoms with Gasteiger partial charge in [0.15, 0.2) is 5.40 Å². The Morgan fingerprint density at radius 1 is 2.00 bits per heavy atom. The molecule has 3 nitrogen and oxygen atoms in total. The van der Waals surface area contributed by atoms with Crippen molar-refractivity contribution in [1.29, 1.82) is 5.26 Å². The third-order valence-electron chi connectivity index (χ3n) is 0.383. The lowest BCUT2D eigenvalue weighted by Gasteiger charge is -1.86. The Kier molecular flexibility index (Phi) is 3.71. The molecule has 1 N–H and O–H groups in total. The van der Waals surface area contributed by atoms with E-state index in [2.05, 4.69) is 11.3 Å². The van der Waals surface area contributed by atoms with E-state index in [9.17, 15) is 4.79 Å². The average molecular weight is 128 g/mol. The van der Waals surface area contributed by atoms with Crippen molar-refractivity contribution in [2.24, 2.45) is 0 Å². The summed E-state index contributed by atoms with van der Waals surface area (Å²) in [5.41, 5.74) is 0. The van der Waals surface area contributed by atoms with Crippen molar-refractivity contribution < 1.29 is 4.79 Å². The molecule has 0 aromatic rings. The van der Waals surface area contributed by atoms with Crippen molar-refractivity contribution in [3.05, 3.63) is 12.7 Å². The molecule has 0 aliphatic heterocycles. The summed E-state index contributed by atoms with van der Waals surface area (Å²) in [5, 5.41) is 9.54. The van der Waals surface area contributed by atoms with Gasteiger partial charge in [-0.2, -0.15) is 5.26 Å². The predicted molar refractivity (Wildman–Crippen MR) is 31.5 cm³/mol. The van der Waals surface area contributed by atoms with Crippen LogP contribution in [0.4, 0.5) is 0 Å². The number of nitriles is 1. The fraction of sp³-hybridized carbons (Fsp3) is 0. The minimum absolute atomic E-state index is 0.350. The van der Waals surface area contributed by atoms with Gasteiger partial charge in [-0.15, -0.1) is 0 Å². The van der Waals surface area contributed by atoms with Gasteiger partial charge in [0.25, 0.3) is 5.91 Å². The van der Waals surface area contributed by atoms with Gasteiger partial charge in [0.2, 0.25) is 0 Å². The van der Waals surface area contributed by atoms with Gasteiger partial charge in [-0.05, 0) is 6.08 Å². The molecule has 0 fully saturated rings. The van der Waals surface area contributed by atoms with E-state index >= 15 is 0 Å². The lowest BCUT2D eigenvalue weighted by atomic mass is 10.6. The number of carbonyl (C=O) groups is 1. The molecule has 8 heavy (non-hydrogen) atoms. The van der Waals surface area contributed by atoms with E-state index < -0.39 is 0 Å². The van der Waals surface area contributed by atoms with Gasteiger partial charge in [0, 0.05) is 0 Å². The van der Waals surface area contributed by atoms with Crippen LogP contribution in [0, 0.1) is 10.7 Å². The van der Waals surface area contributed by atoms with Gasteiger partial charge in [-0.25, -0.2) is 0 Å². The van der Waals surface area contributed by atoms with Crippen LogP contribution in [0.1, 0.15) is 0 Å². The summed E-state index contributed by atoms with van der Waals surface area (Å²) in [6.45, 7) is 3.18. The molecule has 0 aliphatic carbocycles. The number of nitrogens with zero attached hydrogens (tertiary/aromatic N) is 1. The highest BCUT2D eigenvalue weighted by Gasteiger charge is 1.88. The Balaban J connectivity index is 3.28. The zero-order valence-electron chi connectivity index (χ0n) is 4.05. The third-order valence-corrected chi connectivity index (χ3v) is 0.777. The highest BCUT2D eigenvalue weighted by molar-refractivity contribution is 8.02. The summed E-state index contributed by atoms with van der Waals surface area (Å²) in [7, 11) is 0. The zero-order valence-corrected chi connectivity index (χ0v) is 4.86. The molecule has 0 saturated heterocycles. The molecule has 0 aliphatic rings. The Bertz CT molecular complexity index is 137. The van der Waals surface area contributed by atoms with Gasteiger partial charge in [-0.3, -0.25) is 9.52 Å². The van der Waals surface area contributed by atoms with Crippen LogP contribution in [-0.4, -0.2) is 5.91 Å². The lowest BCUT2D eigenvalue weighted by Crippen LogP contribution is -2.09. The average Bonchev–Trinajstić information content (AvgIpc) is 1.83. The van der Waals surface area contributed by atoms with E-state index in [1.54, 1.807) is 5.40 Å². The van der Waals surface area contributed by atoms with Crippen LogP contribution in [0.15, 0.2) is 12.7 Å². The molecule has 0 spiro atoms. The van der Waals surface area contributed by atoms with Crippen molar-refractivity contribution in [2.45, 2.75) is 0 Å². The smallest absolute Gasteiger partial charge is 0.253 e. The van der Waals surface area contributed by atoms with Crippen molar-refractivity contribution in [1.82, 2.24) is 4.72 Å². The van der Waals surface area contributed by atoms with Gasteiger partial charge in [-0.1, -0.05) is 6.58 Å². The van der Waals surface area contributed by atoms with Gasteiger partial charge in [0.05, 0.1) is 11.9 Å². The Morgan fingerprint density at radius 2 is 2.62 bits per heavy atom. The highest BCUT2D eigenvalue weighted by Crippen LogP contribution is 1.85. The van der Waals surface area contributed by atoms with Gasteiger partial charge < -0.3 is 0 Å². The van der Waals surface area contributed by atoms with Crippen molar-refractivity contribution >= 4 is 17.9 Å². The van der Waals surface area contributed by atoms with Crippen molar-refractivity contribution in [3.63, 3.8) is 0 Å². The van der Waals surface area contributed by atoms with E-state index in [0.717, 1.165) is 6.08 Å². The first-order valence-electron chi connectivity index (χ1n) is 1.78. The molecule has 0 heterocycles. The monoisotopic (exact) mass is 128 g/mol. The lowest BCUT2D eigenvalue weighted by molar-refractivity contribution is -0.114. The largest absolute Gasteiger partial charge is 0.284 e. The molecule has 0 saturated carbocycles. The highest BCUT2D eigenvalue weighted by atomic mass is 32.2. The molecular weight excluding hydrogens is 124 g/mol. The summed E-state index contributed by atoms with van der Waals surface area (Å²) >= 11 is 0.676. The van der Waals surface area contributed by atoms with Crippen LogP contribution in [0.3, 0.4) is 0 Å². The first-order valence-corrected chi connectivity index (χ1v) is 2.60. The van der Waals surface area contributed by atoms with Gasteiger partial charge >= 0.3 is 0 Å². The fourth-order valence-electron chi connectivity index (χ4n) is 0.115. The molecule has 0 bridgehead atoms. The zero-order chi connectivity index (χ0) is 6.41. The van der Waals surface area contributed by atoms with Gasteiger partial charge in [0.1, 0.15) is 0 Å². The van der Waals surface area contributed by atoms with E-state index in [1.165, 1.54) is 0 Å². The molecular formula is C4H4N2OS. The second-order valence-corrected chi connectivity index (χ2v) is 1.45. The Hall–Kier alpha value is -0.950. The molecule has 1 amide bonds.